The van der Waals surface area contributed by atoms with Gasteiger partial charge in [-0.05, 0) is 25.1 Å². The Balaban J connectivity index is 1.62. The highest BCUT2D eigenvalue weighted by atomic mass is 16.5. The van der Waals surface area contributed by atoms with E-state index < -0.39 is 0 Å². The molecule has 0 unspecified atom stereocenters. The number of hydrogen-bond acceptors (Lipinski definition) is 4. The molecule has 1 aromatic heterocycles. The van der Waals surface area contributed by atoms with E-state index in [1.54, 1.807) is 7.11 Å². The second-order valence-electron chi connectivity index (χ2n) is 7.03. The maximum absolute atomic E-state index is 13.2. The molecular weight excluding hydrogens is 314 g/mol. The third-order valence-corrected chi connectivity index (χ3v) is 5.77. The summed E-state index contributed by atoms with van der Waals surface area (Å²) in [6.45, 7) is 5.87. The van der Waals surface area contributed by atoms with E-state index in [4.69, 9.17) is 4.74 Å². The number of benzene rings is 1. The Kier molecular flexibility index (Phi) is 4.44. The number of ether oxygens (including phenoxy) is 1. The van der Waals surface area contributed by atoms with Gasteiger partial charge >= 0.3 is 0 Å². The fourth-order valence-electron chi connectivity index (χ4n) is 4.37. The first kappa shape index (κ1) is 16.5. The molecule has 132 valence electrons. The summed E-state index contributed by atoms with van der Waals surface area (Å²) in [5.41, 5.74) is 1.42. The molecule has 3 heterocycles. The third-order valence-electron chi connectivity index (χ3n) is 5.77. The molecule has 25 heavy (non-hydrogen) atoms. The third kappa shape index (κ3) is 2.92. The summed E-state index contributed by atoms with van der Waals surface area (Å²) in [6.07, 6.45) is 1.14. The molecule has 2 fully saturated rings. The average Bonchev–Trinajstić information content (AvgIpc) is 3.10. The number of rotatable bonds is 3. The molecule has 0 spiro atoms. The van der Waals surface area contributed by atoms with Crippen LogP contribution in [0.4, 0.5) is 0 Å². The number of likely N-dealkylation sites (N-methyl/N-ethyl adjacent to an activating group) is 1. The Hall–Kier alpha value is -1.98. The first-order chi connectivity index (χ1) is 12.2. The second kappa shape index (κ2) is 6.73. The number of nitrogens with zero attached hydrogens (tertiary/aromatic N) is 3. The molecule has 2 saturated heterocycles. The normalized spacial score (nSPS) is 26.8. The lowest BCUT2D eigenvalue weighted by molar-refractivity contribution is -0.0158. The number of piperidine rings is 1. The SMILES string of the molecule is CCN1C[C@H]2[C@H](OC)CCN(C(=O)c3ccc4ccccc4n3)[C@H]2C1. The van der Waals surface area contributed by atoms with Crippen LogP contribution in [0.5, 0.6) is 0 Å². The lowest BCUT2D eigenvalue weighted by Gasteiger charge is -2.41. The zero-order chi connectivity index (χ0) is 17.4. The maximum Gasteiger partial charge on any atom is 0.272 e. The van der Waals surface area contributed by atoms with E-state index in [0.29, 0.717) is 11.6 Å². The molecule has 0 radical (unpaired) electrons. The maximum atomic E-state index is 13.2. The number of likely N-dealkylation sites (tertiary alicyclic amines) is 2. The van der Waals surface area contributed by atoms with Gasteiger partial charge in [0.25, 0.3) is 5.91 Å². The van der Waals surface area contributed by atoms with Gasteiger partial charge in [-0.1, -0.05) is 31.2 Å². The van der Waals surface area contributed by atoms with Crippen LogP contribution in [0.25, 0.3) is 10.9 Å². The highest BCUT2D eigenvalue weighted by Crippen LogP contribution is 2.33. The van der Waals surface area contributed by atoms with Crippen LogP contribution < -0.4 is 0 Å². The summed E-state index contributed by atoms with van der Waals surface area (Å²) in [6, 6.07) is 12.0. The molecule has 2 aromatic rings. The van der Waals surface area contributed by atoms with Crippen molar-refractivity contribution in [2.24, 2.45) is 5.92 Å². The Morgan fingerprint density at radius 2 is 2.08 bits per heavy atom. The van der Waals surface area contributed by atoms with Crippen molar-refractivity contribution in [1.82, 2.24) is 14.8 Å². The first-order valence-electron chi connectivity index (χ1n) is 9.13. The van der Waals surface area contributed by atoms with Crippen LogP contribution in [-0.2, 0) is 4.74 Å². The summed E-state index contributed by atoms with van der Waals surface area (Å²) in [4.78, 5) is 22.2. The Morgan fingerprint density at radius 1 is 1.24 bits per heavy atom. The fraction of sp³-hybridized carbons (Fsp3) is 0.500. The van der Waals surface area contributed by atoms with E-state index in [0.717, 1.165) is 43.5 Å². The largest absolute Gasteiger partial charge is 0.381 e. The quantitative estimate of drug-likeness (QED) is 0.861. The van der Waals surface area contributed by atoms with E-state index in [1.807, 2.05) is 41.3 Å². The molecule has 2 aliphatic rings. The van der Waals surface area contributed by atoms with Gasteiger partial charge in [-0.15, -0.1) is 0 Å². The van der Waals surface area contributed by atoms with Crippen molar-refractivity contribution in [3.8, 4) is 0 Å². The van der Waals surface area contributed by atoms with E-state index in [-0.39, 0.29) is 18.1 Å². The summed E-state index contributed by atoms with van der Waals surface area (Å²) < 4.78 is 5.71. The van der Waals surface area contributed by atoms with Crippen molar-refractivity contribution >= 4 is 16.8 Å². The predicted molar refractivity (Wildman–Crippen MR) is 97.6 cm³/mol. The summed E-state index contributed by atoms with van der Waals surface area (Å²) in [5, 5.41) is 1.06. The predicted octanol–water partition coefficient (Wildman–Crippen LogP) is 2.42. The monoisotopic (exact) mass is 339 g/mol. The molecule has 2 aliphatic heterocycles. The molecule has 1 aromatic carbocycles. The number of carbonyl (C=O) groups excluding carboxylic acids is 1. The van der Waals surface area contributed by atoms with Crippen LogP contribution in [0, 0.1) is 5.92 Å². The molecule has 0 aliphatic carbocycles. The zero-order valence-corrected chi connectivity index (χ0v) is 14.9. The highest BCUT2D eigenvalue weighted by molar-refractivity contribution is 5.95. The lowest BCUT2D eigenvalue weighted by atomic mass is 9.88. The van der Waals surface area contributed by atoms with Crippen molar-refractivity contribution in [2.75, 3.05) is 33.3 Å². The van der Waals surface area contributed by atoms with Gasteiger partial charge in [0, 0.05) is 38.0 Å². The molecule has 5 heteroatoms. The smallest absolute Gasteiger partial charge is 0.272 e. The summed E-state index contributed by atoms with van der Waals surface area (Å²) in [5.74, 6) is 0.441. The van der Waals surface area contributed by atoms with Crippen molar-refractivity contribution in [1.29, 1.82) is 0 Å². The fourth-order valence-corrected chi connectivity index (χ4v) is 4.37. The first-order valence-corrected chi connectivity index (χ1v) is 9.13. The van der Waals surface area contributed by atoms with Gasteiger partial charge in [0.05, 0.1) is 17.7 Å². The Bertz CT molecular complexity index is 778. The molecule has 0 N–H and O–H groups in total. The summed E-state index contributed by atoms with van der Waals surface area (Å²) in [7, 11) is 1.79. The number of fused-ring (bicyclic) bond motifs is 2. The second-order valence-corrected chi connectivity index (χ2v) is 7.03. The number of hydrogen-bond donors (Lipinski definition) is 0. The van der Waals surface area contributed by atoms with Crippen LogP contribution in [0.3, 0.4) is 0 Å². The van der Waals surface area contributed by atoms with Crippen LogP contribution in [-0.4, -0.2) is 66.1 Å². The minimum Gasteiger partial charge on any atom is -0.381 e. The topological polar surface area (TPSA) is 45.7 Å². The molecule has 4 rings (SSSR count). The van der Waals surface area contributed by atoms with Gasteiger partial charge in [0.1, 0.15) is 5.69 Å². The molecule has 5 nitrogen and oxygen atoms in total. The van der Waals surface area contributed by atoms with E-state index in [2.05, 4.69) is 16.8 Å². The minimum atomic E-state index is 0.0493. The Morgan fingerprint density at radius 3 is 2.88 bits per heavy atom. The van der Waals surface area contributed by atoms with Crippen LogP contribution in [0.2, 0.25) is 0 Å². The molecule has 0 bridgehead atoms. The number of amides is 1. The van der Waals surface area contributed by atoms with Gasteiger partial charge < -0.3 is 14.5 Å². The van der Waals surface area contributed by atoms with Crippen molar-refractivity contribution in [2.45, 2.75) is 25.5 Å². The molecule has 0 saturated carbocycles. The summed E-state index contributed by atoms with van der Waals surface area (Å²) >= 11 is 0. The van der Waals surface area contributed by atoms with Gasteiger partial charge in [0.15, 0.2) is 0 Å². The highest BCUT2D eigenvalue weighted by Gasteiger charge is 2.45. The van der Waals surface area contributed by atoms with E-state index in [1.165, 1.54) is 0 Å². The van der Waals surface area contributed by atoms with Crippen LogP contribution >= 0.6 is 0 Å². The lowest BCUT2D eigenvalue weighted by Crippen LogP contribution is -2.53. The van der Waals surface area contributed by atoms with Gasteiger partial charge in [0.2, 0.25) is 0 Å². The number of methoxy groups -OCH3 is 1. The average molecular weight is 339 g/mol. The molecular formula is C20H25N3O2. The number of carbonyl (C=O) groups is 1. The standard InChI is InChI=1S/C20H25N3O2/c1-3-22-12-15-18(13-22)23(11-10-19(15)25-2)20(24)17-9-8-14-6-4-5-7-16(14)21-17/h4-9,15,18-19H,3,10-13H2,1-2H3/t15-,18+,19-/m1/s1. The van der Waals surface area contributed by atoms with Gasteiger partial charge in [-0.2, -0.15) is 0 Å². The van der Waals surface area contributed by atoms with Crippen molar-refractivity contribution in [3.05, 3.63) is 42.1 Å². The minimum absolute atomic E-state index is 0.0493. The van der Waals surface area contributed by atoms with E-state index >= 15 is 0 Å². The Labute approximate surface area is 148 Å². The van der Waals surface area contributed by atoms with Crippen LogP contribution in [0.15, 0.2) is 36.4 Å². The molecule has 3 atom stereocenters. The van der Waals surface area contributed by atoms with Gasteiger partial charge in [-0.3, -0.25) is 4.79 Å². The molecule has 1 amide bonds. The number of pyridine rings is 1. The zero-order valence-electron chi connectivity index (χ0n) is 14.9. The van der Waals surface area contributed by atoms with Crippen molar-refractivity contribution in [3.63, 3.8) is 0 Å². The number of aromatic nitrogens is 1. The van der Waals surface area contributed by atoms with Gasteiger partial charge in [-0.25, -0.2) is 4.98 Å². The van der Waals surface area contributed by atoms with Crippen LogP contribution in [0.1, 0.15) is 23.8 Å². The van der Waals surface area contributed by atoms with E-state index in [9.17, 15) is 4.79 Å². The number of para-hydroxylation sites is 1. The van der Waals surface area contributed by atoms with Crippen molar-refractivity contribution < 1.29 is 9.53 Å².